The molecule has 2 aromatic rings. The smallest absolute Gasteiger partial charge is 0.189 e. The van der Waals surface area contributed by atoms with Gasteiger partial charge >= 0.3 is 0 Å². The summed E-state index contributed by atoms with van der Waals surface area (Å²) >= 11 is 0. The summed E-state index contributed by atoms with van der Waals surface area (Å²) in [4.78, 5) is 12.6. The molecule has 0 saturated carbocycles. The molecule has 0 atom stereocenters. The minimum Gasteiger partial charge on any atom is -0.497 e. The highest BCUT2D eigenvalue weighted by molar-refractivity contribution is 6.13. The Labute approximate surface area is 134 Å². The molecule has 3 nitrogen and oxygen atoms in total. The summed E-state index contributed by atoms with van der Waals surface area (Å²) < 4.78 is 23.9. The van der Waals surface area contributed by atoms with Crippen LogP contribution in [0.5, 0.6) is 11.5 Å². The summed E-state index contributed by atoms with van der Waals surface area (Å²) in [6.07, 6.45) is 3.15. The van der Waals surface area contributed by atoms with Gasteiger partial charge in [0.1, 0.15) is 5.75 Å². The van der Waals surface area contributed by atoms with Crippen molar-refractivity contribution in [3.05, 3.63) is 64.5 Å². The second-order valence-corrected chi connectivity index (χ2v) is 5.42. The molecule has 0 saturated heterocycles. The molecule has 0 fully saturated rings. The Morgan fingerprint density at radius 1 is 1.04 bits per heavy atom. The minimum atomic E-state index is -0.435. The van der Waals surface area contributed by atoms with E-state index in [2.05, 4.69) is 0 Å². The molecule has 4 heteroatoms. The SMILES string of the molecule is COc1ccc2c(c1)CC/C(=C/c1ccc(OC)c(F)c1)C2=O. The van der Waals surface area contributed by atoms with E-state index in [9.17, 15) is 9.18 Å². The maximum absolute atomic E-state index is 13.8. The first-order valence-electron chi connectivity index (χ1n) is 7.38. The highest BCUT2D eigenvalue weighted by Gasteiger charge is 2.22. The molecule has 0 unspecified atom stereocenters. The van der Waals surface area contributed by atoms with Gasteiger partial charge in [-0.3, -0.25) is 4.79 Å². The lowest BCUT2D eigenvalue weighted by molar-refractivity contribution is 0.102. The van der Waals surface area contributed by atoms with E-state index in [4.69, 9.17) is 9.47 Å². The third-order valence-corrected chi connectivity index (χ3v) is 4.03. The fourth-order valence-corrected chi connectivity index (χ4v) is 2.79. The van der Waals surface area contributed by atoms with Crippen LogP contribution < -0.4 is 9.47 Å². The third-order valence-electron chi connectivity index (χ3n) is 4.03. The van der Waals surface area contributed by atoms with Crippen molar-refractivity contribution >= 4 is 11.9 Å². The summed E-state index contributed by atoms with van der Waals surface area (Å²) in [5.41, 5.74) is 3.03. The predicted octanol–water partition coefficient (Wildman–Crippen LogP) is 4.06. The lowest BCUT2D eigenvalue weighted by atomic mass is 9.86. The average molecular weight is 312 g/mol. The van der Waals surface area contributed by atoms with Crippen molar-refractivity contribution in [3.63, 3.8) is 0 Å². The van der Waals surface area contributed by atoms with Crippen molar-refractivity contribution in [2.24, 2.45) is 0 Å². The molecule has 0 heterocycles. The number of Topliss-reactive ketones (excluding diaryl/α,β-unsaturated/α-hetero) is 1. The quantitative estimate of drug-likeness (QED) is 0.802. The van der Waals surface area contributed by atoms with E-state index in [1.54, 1.807) is 37.5 Å². The highest BCUT2D eigenvalue weighted by atomic mass is 19.1. The Morgan fingerprint density at radius 2 is 1.87 bits per heavy atom. The Bertz CT molecular complexity index is 793. The summed E-state index contributed by atoms with van der Waals surface area (Å²) in [6, 6.07) is 10.2. The number of hydrogen-bond donors (Lipinski definition) is 0. The fourth-order valence-electron chi connectivity index (χ4n) is 2.79. The van der Waals surface area contributed by atoms with E-state index in [0.29, 0.717) is 23.1 Å². The van der Waals surface area contributed by atoms with Crippen LogP contribution in [0.25, 0.3) is 6.08 Å². The van der Waals surface area contributed by atoms with Crippen LogP contribution in [0.4, 0.5) is 4.39 Å². The minimum absolute atomic E-state index is 0.00914. The Morgan fingerprint density at radius 3 is 2.57 bits per heavy atom. The standard InChI is InChI=1S/C19H17FO3/c1-22-15-6-7-16-13(11-15)4-5-14(19(16)21)9-12-3-8-18(23-2)17(20)10-12/h3,6-11H,4-5H2,1-2H3/b14-9-. The van der Waals surface area contributed by atoms with Crippen molar-refractivity contribution in [3.8, 4) is 11.5 Å². The molecule has 23 heavy (non-hydrogen) atoms. The molecule has 0 aliphatic heterocycles. The van der Waals surface area contributed by atoms with Gasteiger partial charge in [0.25, 0.3) is 0 Å². The van der Waals surface area contributed by atoms with E-state index in [0.717, 1.165) is 17.7 Å². The van der Waals surface area contributed by atoms with Gasteiger partial charge in [0.2, 0.25) is 0 Å². The molecular formula is C19H17FO3. The van der Waals surface area contributed by atoms with Gasteiger partial charge in [0.15, 0.2) is 17.3 Å². The molecule has 2 aromatic carbocycles. The molecule has 0 radical (unpaired) electrons. The molecular weight excluding hydrogens is 295 g/mol. The summed E-state index contributed by atoms with van der Waals surface area (Å²) in [5, 5.41) is 0. The second-order valence-electron chi connectivity index (χ2n) is 5.42. The number of carbonyl (C=O) groups excluding carboxylic acids is 1. The number of halogens is 1. The maximum atomic E-state index is 13.8. The van der Waals surface area contributed by atoms with Gasteiger partial charge < -0.3 is 9.47 Å². The molecule has 118 valence electrons. The van der Waals surface area contributed by atoms with Gasteiger partial charge in [-0.25, -0.2) is 4.39 Å². The highest BCUT2D eigenvalue weighted by Crippen LogP contribution is 2.30. The van der Waals surface area contributed by atoms with Gasteiger partial charge in [-0.15, -0.1) is 0 Å². The molecule has 0 amide bonds. The Balaban J connectivity index is 1.92. The van der Waals surface area contributed by atoms with Crippen LogP contribution in [0.1, 0.15) is 27.9 Å². The number of carbonyl (C=O) groups is 1. The number of methoxy groups -OCH3 is 2. The number of hydrogen-bond acceptors (Lipinski definition) is 3. The topological polar surface area (TPSA) is 35.5 Å². The first-order chi connectivity index (χ1) is 11.1. The normalized spacial score (nSPS) is 15.4. The van der Waals surface area contributed by atoms with Crippen LogP contribution in [0, 0.1) is 5.82 Å². The van der Waals surface area contributed by atoms with Crippen LogP contribution in [-0.4, -0.2) is 20.0 Å². The number of rotatable bonds is 3. The molecule has 3 rings (SSSR count). The van der Waals surface area contributed by atoms with E-state index < -0.39 is 5.82 Å². The van der Waals surface area contributed by atoms with E-state index in [1.165, 1.54) is 13.2 Å². The molecule has 1 aliphatic rings. The molecule has 0 N–H and O–H groups in total. The summed E-state index contributed by atoms with van der Waals surface area (Å²) in [7, 11) is 3.03. The number of aryl methyl sites for hydroxylation is 1. The number of benzene rings is 2. The van der Waals surface area contributed by atoms with Crippen LogP contribution >= 0.6 is 0 Å². The van der Waals surface area contributed by atoms with Crippen molar-refractivity contribution in [1.82, 2.24) is 0 Å². The van der Waals surface area contributed by atoms with Gasteiger partial charge in [0.05, 0.1) is 14.2 Å². The van der Waals surface area contributed by atoms with Crippen molar-refractivity contribution < 1.29 is 18.7 Å². The van der Waals surface area contributed by atoms with Crippen LogP contribution in [0.3, 0.4) is 0 Å². The van der Waals surface area contributed by atoms with Gasteiger partial charge in [-0.2, -0.15) is 0 Å². The van der Waals surface area contributed by atoms with E-state index >= 15 is 0 Å². The van der Waals surface area contributed by atoms with Gasteiger partial charge in [-0.05, 0) is 60.4 Å². The van der Waals surface area contributed by atoms with Crippen molar-refractivity contribution in [2.45, 2.75) is 12.8 Å². The summed E-state index contributed by atoms with van der Waals surface area (Å²) in [6.45, 7) is 0. The number of allylic oxidation sites excluding steroid dienone is 1. The third kappa shape index (κ3) is 2.97. The number of ketones is 1. The fraction of sp³-hybridized carbons (Fsp3) is 0.211. The molecule has 0 spiro atoms. The first-order valence-corrected chi connectivity index (χ1v) is 7.38. The van der Waals surface area contributed by atoms with E-state index in [-0.39, 0.29) is 11.5 Å². The molecule has 1 aliphatic carbocycles. The molecule has 0 aromatic heterocycles. The van der Waals surface area contributed by atoms with Crippen molar-refractivity contribution in [1.29, 1.82) is 0 Å². The zero-order valence-corrected chi connectivity index (χ0v) is 13.1. The van der Waals surface area contributed by atoms with Gasteiger partial charge in [0, 0.05) is 11.1 Å². The largest absolute Gasteiger partial charge is 0.497 e. The summed E-state index contributed by atoms with van der Waals surface area (Å²) in [5.74, 6) is 0.501. The second kappa shape index (κ2) is 6.24. The van der Waals surface area contributed by atoms with E-state index in [1.807, 2.05) is 6.07 Å². The van der Waals surface area contributed by atoms with Crippen LogP contribution in [-0.2, 0) is 6.42 Å². The predicted molar refractivity (Wildman–Crippen MR) is 86.6 cm³/mol. The van der Waals surface area contributed by atoms with Crippen molar-refractivity contribution in [2.75, 3.05) is 14.2 Å². The van der Waals surface area contributed by atoms with Gasteiger partial charge in [-0.1, -0.05) is 6.07 Å². The van der Waals surface area contributed by atoms with Crippen LogP contribution in [0.2, 0.25) is 0 Å². The lowest BCUT2D eigenvalue weighted by Gasteiger charge is -2.18. The number of fused-ring (bicyclic) bond motifs is 1. The maximum Gasteiger partial charge on any atom is 0.189 e. The number of ether oxygens (including phenoxy) is 2. The lowest BCUT2D eigenvalue weighted by Crippen LogP contribution is -2.14. The Hall–Kier alpha value is -2.62. The van der Waals surface area contributed by atoms with Crippen LogP contribution in [0.15, 0.2) is 42.0 Å². The zero-order chi connectivity index (χ0) is 16.4. The monoisotopic (exact) mass is 312 g/mol. The zero-order valence-electron chi connectivity index (χ0n) is 13.1. The first kappa shape index (κ1) is 15.3. The Kier molecular flexibility index (Phi) is 4.15. The average Bonchev–Trinajstić information content (AvgIpc) is 2.57. The molecule has 0 bridgehead atoms.